The minimum absolute atomic E-state index is 0.00914. The SMILES string of the molecule is FC(F)CCCCCn1ncnn1. The molecule has 0 bridgehead atoms. The number of alkyl halides is 2. The molecule has 0 N–H and O–H groups in total. The molecule has 0 saturated heterocycles. The van der Waals surface area contributed by atoms with Crippen LogP contribution in [0.1, 0.15) is 25.7 Å². The average molecular weight is 190 g/mol. The highest BCUT2D eigenvalue weighted by Crippen LogP contribution is 2.07. The molecular formula is C7H12F2N4. The van der Waals surface area contributed by atoms with Crippen LogP contribution in [0.5, 0.6) is 0 Å². The van der Waals surface area contributed by atoms with Gasteiger partial charge in [0.05, 0.1) is 6.54 Å². The molecule has 0 aliphatic heterocycles. The number of hydrogen-bond donors (Lipinski definition) is 0. The van der Waals surface area contributed by atoms with Gasteiger partial charge in [0, 0.05) is 6.42 Å². The van der Waals surface area contributed by atoms with Crippen molar-refractivity contribution in [1.82, 2.24) is 20.2 Å². The molecule has 0 spiro atoms. The number of tetrazole rings is 1. The van der Waals surface area contributed by atoms with Gasteiger partial charge in [0.1, 0.15) is 0 Å². The molecule has 74 valence electrons. The number of nitrogens with zero attached hydrogens (tertiary/aromatic N) is 4. The lowest BCUT2D eigenvalue weighted by Gasteiger charge is -1.99. The first kappa shape index (κ1) is 10.0. The first-order valence-corrected chi connectivity index (χ1v) is 4.28. The predicted molar refractivity (Wildman–Crippen MR) is 42.3 cm³/mol. The van der Waals surface area contributed by atoms with Crippen molar-refractivity contribution in [2.45, 2.75) is 38.7 Å². The first-order chi connectivity index (χ1) is 6.29. The Bertz CT molecular complexity index is 212. The number of halogens is 2. The molecule has 0 saturated carbocycles. The lowest BCUT2D eigenvalue weighted by Crippen LogP contribution is -2.02. The molecule has 0 amide bonds. The fourth-order valence-corrected chi connectivity index (χ4v) is 1.02. The van der Waals surface area contributed by atoms with Gasteiger partial charge >= 0.3 is 0 Å². The van der Waals surface area contributed by atoms with E-state index in [2.05, 4.69) is 15.4 Å². The summed E-state index contributed by atoms with van der Waals surface area (Å²) in [5, 5.41) is 11.0. The van der Waals surface area contributed by atoms with Crippen LogP contribution in [-0.4, -0.2) is 26.6 Å². The van der Waals surface area contributed by atoms with E-state index in [0.29, 0.717) is 13.0 Å². The maximum absolute atomic E-state index is 11.7. The molecule has 13 heavy (non-hydrogen) atoms. The van der Waals surface area contributed by atoms with Crippen LogP contribution in [-0.2, 0) is 6.54 Å². The summed E-state index contributed by atoms with van der Waals surface area (Å²) in [5.74, 6) is 0. The number of hydrogen-bond acceptors (Lipinski definition) is 3. The quantitative estimate of drug-likeness (QED) is 0.638. The van der Waals surface area contributed by atoms with E-state index < -0.39 is 6.43 Å². The fourth-order valence-electron chi connectivity index (χ4n) is 1.02. The Morgan fingerprint density at radius 3 is 2.69 bits per heavy atom. The summed E-state index contributed by atoms with van der Waals surface area (Å²) in [7, 11) is 0. The normalized spacial score (nSPS) is 11.0. The Morgan fingerprint density at radius 1 is 1.23 bits per heavy atom. The largest absolute Gasteiger partial charge is 0.238 e. The summed E-state index contributed by atoms with van der Waals surface area (Å²) in [6.07, 6.45) is 1.34. The molecule has 4 nitrogen and oxygen atoms in total. The molecule has 1 rings (SSSR count). The van der Waals surface area contributed by atoms with Crippen molar-refractivity contribution >= 4 is 0 Å². The van der Waals surface area contributed by atoms with Crippen LogP contribution in [0.15, 0.2) is 6.33 Å². The van der Waals surface area contributed by atoms with Gasteiger partial charge < -0.3 is 0 Å². The number of rotatable bonds is 6. The molecule has 0 unspecified atom stereocenters. The zero-order chi connectivity index (χ0) is 9.52. The monoisotopic (exact) mass is 190 g/mol. The maximum atomic E-state index is 11.7. The van der Waals surface area contributed by atoms with Crippen LogP contribution < -0.4 is 0 Å². The van der Waals surface area contributed by atoms with E-state index in [1.807, 2.05) is 0 Å². The minimum Gasteiger partial charge on any atom is -0.211 e. The van der Waals surface area contributed by atoms with Crippen molar-refractivity contribution in [3.8, 4) is 0 Å². The minimum atomic E-state index is -2.18. The van der Waals surface area contributed by atoms with E-state index in [1.54, 1.807) is 0 Å². The number of aryl methyl sites for hydroxylation is 1. The van der Waals surface area contributed by atoms with Gasteiger partial charge in [-0.3, -0.25) is 0 Å². The van der Waals surface area contributed by atoms with E-state index in [1.165, 1.54) is 11.1 Å². The summed E-state index contributed by atoms with van der Waals surface area (Å²) in [4.78, 5) is 1.46. The second-order valence-corrected chi connectivity index (χ2v) is 2.77. The van der Waals surface area contributed by atoms with Crippen LogP contribution in [0.25, 0.3) is 0 Å². The molecule has 0 fully saturated rings. The Kier molecular flexibility index (Phi) is 4.28. The molecule has 0 aromatic carbocycles. The highest BCUT2D eigenvalue weighted by Gasteiger charge is 2.01. The smallest absolute Gasteiger partial charge is 0.211 e. The van der Waals surface area contributed by atoms with Gasteiger partial charge in [-0.05, 0) is 18.1 Å². The van der Waals surface area contributed by atoms with E-state index in [-0.39, 0.29) is 6.42 Å². The Labute approximate surface area is 74.9 Å². The Morgan fingerprint density at radius 2 is 2.08 bits per heavy atom. The third-order valence-corrected chi connectivity index (χ3v) is 1.67. The van der Waals surface area contributed by atoms with Crippen LogP contribution in [0, 0.1) is 0 Å². The van der Waals surface area contributed by atoms with Gasteiger partial charge in [-0.25, -0.2) is 8.78 Å². The van der Waals surface area contributed by atoms with Crippen molar-refractivity contribution in [2.24, 2.45) is 0 Å². The third-order valence-electron chi connectivity index (χ3n) is 1.67. The predicted octanol–water partition coefficient (Wildman–Crippen LogP) is 1.50. The molecular weight excluding hydrogens is 178 g/mol. The van der Waals surface area contributed by atoms with Crippen molar-refractivity contribution in [1.29, 1.82) is 0 Å². The fraction of sp³-hybridized carbons (Fsp3) is 0.857. The molecule has 1 heterocycles. The maximum Gasteiger partial charge on any atom is 0.238 e. The lowest BCUT2D eigenvalue weighted by molar-refractivity contribution is 0.133. The molecule has 0 atom stereocenters. The second-order valence-electron chi connectivity index (χ2n) is 2.77. The van der Waals surface area contributed by atoms with Gasteiger partial charge in [-0.15, -0.1) is 10.2 Å². The highest BCUT2D eigenvalue weighted by atomic mass is 19.3. The van der Waals surface area contributed by atoms with Crippen LogP contribution in [0.2, 0.25) is 0 Å². The standard InChI is InChI=1S/C7H12F2N4/c8-7(9)4-2-1-3-5-13-11-6-10-12-13/h6-7H,1-5H2. The van der Waals surface area contributed by atoms with Crippen molar-refractivity contribution in [3.63, 3.8) is 0 Å². The summed E-state index contributed by atoms with van der Waals surface area (Å²) in [5.41, 5.74) is 0. The summed E-state index contributed by atoms with van der Waals surface area (Å²) >= 11 is 0. The summed E-state index contributed by atoms with van der Waals surface area (Å²) in [6.45, 7) is 0.656. The van der Waals surface area contributed by atoms with Gasteiger partial charge in [-0.2, -0.15) is 4.80 Å². The van der Waals surface area contributed by atoms with E-state index in [0.717, 1.165) is 12.8 Å². The van der Waals surface area contributed by atoms with Gasteiger partial charge in [0.25, 0.3) is 0 Å². The molecule has 0 radical (unpaired) electrons. The average Bonchev–Trinajstić information content (AvgIpc) is 2.55. The summed E-state index contributed by atoms with van der Waals surface area (Å²) < 4.78 is 23.4. The van der Waals surface area contributed by atoms with Crippen molar-refractivity contribution in [2.75, 3.05) is 0 Å². The molecule has 1 aromatic heterocycles. The van der Waals surface area contributed by atoms with Crippen LogP contribution in [0.4, 0.5) is 8.78 Å². The first-order valence-electron chi connectivity index (χ1n) is 4.28. The van der Waals surface area contributed by atoms with Gasteiger partial charge in [-0.1, -0.05) is 6.42 Å². The molecule has 0 aliphatic carbocycles. The third kappa shape index (κ3) is 4.49. The number of unbranched alkanes of at least 4 members (excludes halogenated alkanes) is 2. The van der Waals surface area contributed by atoms with E-state index in [9.17, 15) is 8.78 Å². The summed E-state index contributed by atoms with van der Waals surface area (Å²) in [6, 6.07) is 0. The van der Waals surface area contributed by atoms with Crippen molar-refractivity contribution < 1.29 is 8.78 Å². The molecule has 6 heteroatoms. The van der Waals surface area contributed by atoms with Crippen LogP contribution >= 0.6 is 0 Å². The molecule has 1 aromatic rings. The zero-order valence-corrected chi connectivity index (χ0v) is 7.24. The number of aromatic nitrogens is 4. The lowest BCUT2D eigenvalue weighted by atomic mass is 10.2. The zero-order valence-electron chi connectivity index (χ0n) is 7.24. The van der Waals surface area contributed by atoms with E-state index >= 15 is 0 Å². The highest BCUT2D eigenvalue weighted by molar-refractivity contribution is 4.46. The van der Waals surface area contributed by atoms with Gasteiger partial charge in [0.2, 0.25) is 6.43 Å². The Balaban J connectivity index is 1.96. The van der Waals surface area contributed by atoms with Crippen molar-refractivity contribution in [3.05, 3.63) is 6.33 Å². The molecule has 0 aliphatic rings. The van der Waals surface area contributed by atoms with Crippen LogP contribution in [0.3, 0.4) is 0 Å². The topological polar surface area (TPSA) is 43.6 Å². The van der Waals surface area contributed by atoms with Gasteiger partial charge in [0.15, 0.2) is 6.33 Å². The van der Waals surface area contributed by atoms with E-state index in [4.69, 9.17) is 0 Å². The Hall–Kier alpha value is -1.07. The second kappa shape index (κ2) is 5.55.